The summed E-state index contributed by atoms with van der Waals surface area (Å²) < 4.78 is 2.37. The molecule has 1 nitrogen and oxygen atoms in total. The van der Waals surface area contributed by atoms with Gasteiger partial charge in [-0.3, -0.25) is 0 Å². The molecule has 1 aliphatic carbocycles. The molecule has 0 atom stereocenters. The predicted octanol–water partition coefficient (Wildman–Crippen LogP) is 11.4. The fourth-order valence-corrected chi connectivity index (χ4v) is 7.24. The van der Waals surface area contributed by atoms with E-state index in [0.29, 0.717) is 0 Å². The predicted molar refractivity (Wildman–Crippen MR) is 184 cm³/mol. The highest BCUT2D eigenvalue weighted by atomic mass is 15.0. The molecule has 1 heteroatoms. The molecule has 1 heterocycles. The van der Waals surface area contributed by atoms with E-state index in [-0.39, 0.29) is 0 Å². The van der Waals surface area contributed by atoms with Crippen molar-refractivity contribution < 1.29 is 0 Å². The highest BCUT2D eigenvalue weighted by Gasteiger charge is 2.16. The maximum Gasteiger partial charge on any atom is 0.0541 e. The molecule has 0 unspecified atom stereocenters. The molecule has 7 aromatic carbocycles. The molecule has 0 fully saturated rings. The number of para-hydroxylation sites is 2. The molecule has 1 aromatic heterocycles. The molecule has 0 amide bonds. The minimum Gasteiger partial charge on any atom is -0.309 e. The Labute approximate surface area is 251 Å². The van der Waals surface area contributed by atoms with E-state index in [4.69, 9.17) is 0 Å². The second kappa shape index (κ2) is 9.58. The van der Waals surface area contributed by atoms with Crippen LogP contribution in [0.3, 0.4) is 0 Å². The van der Waals surface area contributed by atoms with Gasteiger partial charge in [-0.25, -0.2) is 0 Å². The third-order valence-corrected chi connectivity index (χ3v) is 9.26. The minimum absolute atomic E-state index is 1.11. The van der Waals surface area contributed by atoms with Gasteiger partial charge in [0.2, 0.25) is 0 Å². The summed E-state index contributed by atoms with van der Waals surface area (Å²) in [6.45, 7) is 0. The van der Waals surface area contributed by atoms with Crippen LogP contribution in [0, 0.1) is 0 Å². The first-order valence-electron chi connectivity index (χ1n) is 15.2. The third kappa shape index (κ3) is 3.78. The summed E-state index contributed by atoms with van der Waals surface area (Å²) in [4.78, 5) is 0. The number of aryl methyl sites for hydroxylation is 1. The number of nitrogens with zero attached hydrogens (tertiary/aromatic N) is 1. The van der Waals surface area contributed by atoms with Crippen LogP contribution in [0.5, 0.6) is 0 Å². The van der Waals surface area contributed by atoms with Crippen LogP contribution in [-0.2, 0) is 6.42 Å². The molecule has 0 radical (unpaired) electrons. The maximum absolute atomic E-state index is 2.39. The van der Waals surface area contributed by atoms with Crippen LogP contribution in [-0.4, -0.2) is 4.57 Å². The fraction of sp³-hybridized carbons (Fsp3) is 0.0476. The average Bonchev–Trinajstić information content (AvgIpc) is 3.43. The number of hydrogen-bond donors (Lipinski definition) is 0. The van der Waals surface area contributed by atoms with Gasteiger partial charge in [0.25, 0.3) is 0 Å². The summed E-state index contributed by atoms with van der Waals surface area (Å²) >= 11 is 0. The van der Waals surface area contributed by atoms with Crippen molar-refractivity contribution in [2.24, 2.45) is 0 Å². The van der Waals surface area contributed by atoms with Gasteiger partial charge >= 0.3 is 0 Å². The summed E-state index contributed by atoms with van der Waals surface area (Å²) in [5.41, 5.74) is 11.5. The topological polar surface area (TPSA) is 4.93 Å². The van der Waals surface area contributed by atoms with Gasteiger partial charge in [-0.05, 0) is 104 Å². The van der Waals surface area contributed by atoms with Crippen molar-refractivity contribution in [2.75, 3.05) is 0 Å². The molecule has 0 spiro atoms. The molecule has 0 aliphatic heterocycles. The van der Waals surface area contributed by atoms with Crippen LogP contribution in [0.25, 0.3) is 77.4 Å². The summed E-state index contributed by atoms with van der Waals surface area (Å²) in [5, 5.41) is 8.00. The number of hydrogen-bond acceptors (Lipinski definition) is 0. The highest BCUT2D eigenvalue weighted by Crippen LogP contribution is 2.39. The van der Waals surface area contributed by atoms with E-state index < -0.39 is 0 Å². The average molecular weight is 548 g/mol. The first-order valence-corrected chi connectivity index (χ1v) is 15.2. The van der Waals surface area contributed by atoms with Gasteiger partial charge in [0.05, 0.1) is 11.0 Å². The van der Waals surface area contributed by atoms with Gasteiger partial charge in [0.15, 0.2) is 0 Å². The van der Waals surface area contributed by atoms with Crippen LogP contribution < -0.4 is 0 Å². The number of allylic oxidation sites excluding steroid dienone is 1. The Morgan fingerprint density at radius 2 is 1.02 bits per heavy atom. The van der Waals surface area contributed by atoms with Crippen LogP contribution in [0.2, 0.25) is 0 Å². The zero-order valence-corrected chi connectivity index (χ0v) is 23.8. The van der Waals surface area contributed by atoms with Crippen LogP contribution >= 0.6 is 0 Å². The van der Waals surface area contributed by atoms with Crippen molar-refractivity contribution in [3.05, 3.63) is 157 Å². The summed E-state index contributed by atoms with van der Waals surface area (Å²) in [7, 11) is 0. The highest BCUT2D eigenvalue weighted by molar-refractivity contribution is 6.14. The van der Waals surface area contributed by atoms with E-state index in [1.165, 1.54) is 82.4 Å². The Bertz CT molecular complexity index is 2330. The molecule has 9 rings (SSSR count). The molecule has 0 saturated heterocycles. The summed E-state index contributed by atoms with van der Waals surface area (Å²) in [6, 6.07) is 51.3. The minimum atomic E-state index is 1.11. The van der Waals surface area contributed by atoms with Crippen LogP contribution in [0.4, 0.5) is 0 Å². The smallest absolute Gasteiger partial charge is 0.0541 e. The molecule has 202 valence electrons. The number of aromatic nitrogens is 1. The molecule has 1 aliphatic rings. The molecule has 0 N–H and O–H groups in total. The molecule has 8 aromatic rings. The SMILES string of the molecule is C1=Cc2c(c3ccccc3c3cc(-c4cccc(-c5ccc(-n6c7ccccc7c7ccccc76)cc5)c4)ccc23)CC1. The molecular formula is C42H29N. The van der Waals surface area contributed by atoms with Crippen molar-refractivity contribution in [1.29, 1.82) is 0 Å². The Balaban J connectivity index is 1.13. The van der Waals surface area contributed by atoms with Crippen molar-refractivity contribution >= 4 is 49.4 Å². The van der Waals surface area contributed by atoms with E-state index in [2.05, 4.69) is 156 Å². The lowest BCUT2D eigenvalue weighted by Gasteiger charge is -2.18. The lowest BCUT2D eigenvalue weighted by atomic mass is 9.85. The summed E-state index contributed by atoms with van der Waals surface area (Å²) in [6.07, 6.45) is 6.88. The first-order chi connectivity index (χ1) is 21.3. The third-order valence-electron chi connectivity index (χ3n) is 9.26. The Hall–Kier alpha value is -5.40. The Kier molecular flexibility index (Phi) is 5.39. The van der Waals surface area contributed by atoms with Gasteiger partial charge in [-0.2, -0.15) is 0 Å². The number of rotatable bonds is 3. The Morgan fingerprint density at radius 1 is 0.419 bits per heavy atom. The molecule has 43 heavy (non-hydrogen) atoms. The molecule has 0 saturated carbocycles. The Morgan fingerprint density at radius 3 is 1.77 bits per heavy atom. The van der Waals surface area contributed by atoms with Crippen molar-refractivity contribution in [1.82, 2.24) is 4.57 Å². The molecular weight excluding hydrogens is 518 g/mol. The fourth-order valence-electron chi connectivity index (χ4n) is 7.24. The van der Waals surface area contributed by atoms with Gasteiger partial charge in [-0.15, -0.1) is 0 Å². The van der Waals surface area contributed by atoms with Crippen LogP contribution in [0.1, 0.15) is 17.5 Å². The number of benzene rings is 7. The van der Waals surface area contributed by atoms with Crippen molar-refractivity contribution in [3.63, 3.8) is 0 Å². The maximum atomic E-state index is 2.39. The second-order valence-electron chi connectivity index (χ2n) is 11.6. The quantitative estimate of drug-likeness (QED) is 0.194. The largest absolute Gasteiger partial charge is 0.309 e. The van der Waals surface area contributed by atoms with E-state index in [1.807, 2.05) is 0 Å². The van der Waals surface area contributed by atoms with Crippen LogP contribution in [0.15, 0.2) is 146 Å². The lowest BCUT2D eigenvalue weighted by Crippen LogP contribution is -1.97. The van der Waals surface area contributed by atoms with Gasteiger partial charge < -0.3 is 4.57 Å². The second-order valence-corrected chi connectivity index (χ2v) is 11.6. The van der Waals surface area contributed by atoms with Gasteiger partial charge in [0, 0.05) is 16.5 Å². The van der Waals surface area contributed by atoms with E-state index >= 15 is 0 Å². The molecule has 0 bridgehead atoms. The first kappa shape index (κ1) is 24.2. The number of fused-ring (bicyclic) bond motifs is 9. The lowest BCUT2D eigenvalue weighted by molar-refractivity contribution is 1.00. The van der Waals surface area contributed by atoms with Crippen molar-refractivity contribution in [2.45, 2.75) is 12.8 Å². The zero-order valence-electron chi connectivity index (χ0n) is 23.8. The normalized spacial score (nSPS) is 12.8. The van der Waals surface area contributed by atoms with E-state index in [1.54, 1.807) is 0 Å². The zero-order chi connectivity index (χ0) is 28.3. The van der Waals surface area contributed by atoms with E-state index in [9.17, 15) is 0 Å². The van der Waals surface area contributed by atoms with E-state index in [0.717, 1.165) is 12.8 Å². The van der Waals surface area contributed by atoms with Crippen molar-refractivity contribution in [3.8, 4) is 27.9 Å². The summed E-state index contributed by atoms with van der Waals surface area (Å²) in [5.74, 6) is 0. The monoisotopic (exact) mass is 547 g/mol. The van der Waals surface area contributed by atoms with Gasteiger partial charge in [-0.1, -0.05) is 115 Å². The standard InChI is InChI=1S/C42H29N/c1-2-14-35-33(12-1)34-13-3-4-15-36(34)40-27-31(22-25-37(35)40)30-11-9-10-29(26-30)28-20-23-32(24-21-28)43-41-18-7-5-16-38(41)39-17-6-8-19-42(39)43/h2-11,13-27H,1,12H2. The van der Waals surface area contributed by atoms with Gasteiger partial charge in [0.1, 0.15) is 0 Å².